The summed E-state index contributed by atoms with van der Waals surface area (Å²) < 4.78 is 30.4. The van der Waals surface area contributed by atoms with Crippen molar-refractivity contribution in [3.63, 3.8) is 0 Å². The van der Waals surface area contributed by atoms with Gasteiger partial charge in [0.1, 0.15) is 23.6 Å². The number of primary amides is 1. The van der Waals surface area contributed by atoms with Crippen molar-refractivity contribution in [2.24, 2.45) is 35.3 Å². The molecule has 0 aromatic heterocycles. The normalized spacial score (nSPS) is 45.1. The summed E-state index contributed by atoms with van der Waals surface area (Å²) in [6.07, 6.45) is -4.98. The van der Waals surface area contributed by atoms with Crippen LogP contribution in [0.3, 0.4) is 0 Å². The Morgan fingerprint density at radius 1 is 1.07 bits per heavy atom. The fourth-order valence-corrected chi connectivity index (χ4v) is 7.79. The molecule has 3 fully saturated rings. The van der Waals surface area contributed by atoms with Gasteiger partial charge < -0.3 is 44.7 Å². The molecule has 14 atom stereocenters. The van der Waals surface area contributed by atoms with Gasteiger partial charge in [-0.1, -0.05) is 34.6 Å². The first-order valence-electron chi connectivity index (χ1n) is 16.1. The van der Waals surface area contributed by atoms with Crippen LogP contribution in [0.25, 0.3) is 0 Å². The summed E-state index contributed by atoms with van der Waals surface area (Å²) in [5.41, 5.74) is 2.70. The van der Waals surface area contributed by atoms with E-state index in [4.69, 9.17) is 29.4 Å². The lowest BCUT2D eigenvalue weighted by Gasteiger charge is -2.48. The molecule has 3 aliphatic heterocycles. The van der Waals surface area contributed by atoms with Gasteiger partial charge in [-0.2, -0.15) is 0 Å². The number of rotatable bonds is 5. The Labute approximate surface area is 267 Å². The van der Waals surface area contributed by atoms with Crippen molar-refractivity contribution in [3.05, 3.63) is 0 Å². The fraction of sp³-hybridized carbons (Fsp3) is 0.875. The van der Waals surface area contributed by atoms with Crippen LogP contribution >= 0.6 is 0 Å². The number of nitrogens with two attached hydrogens (primary N) is 1. The van der Waals surface area contributed by atoms with Crippen LogP contribution in [0.2, 0.25) is 0 Å². The summed E-state index contributed by atoms with van der Waals surface area (Å²) in [6.45, 7) is 15.6. The quantitative estimate of drug-likeness (QED) is 0.297. The van der Waals surface area contributed by atoms with E-state index in [-0.39, 0.29) is 30.3 Å². The van der Waals surface area contributed by atoms with Crippen molar-refractivity contribution >= 4 is 23.9 Å². The number of nitrogens with zero attached hydrogens (tertiary/aromatic N) is 1. The second-order valence-electron chi connectivity index (χ2n) is 14.2. The third-order valence-corrected chi connectivity index (χ3v) is 10.4. The van der Waals surface area contributed by atoms with Crippen LogP contribution in [0.4, 0.5) is 9.59 Å². The van der Waals surface area contributed by atoms with Gasteiger partial charge in [0.25, 0.3) is 0 Å². The van der Waals surface area contributed by atoms with Crippen LogP contribution in [0.1, 0.15) is 81.6 Å². The molecular formula is C32H55N3O10. The number of fused-ring (bicyclic) bond motifs is 1. The van der Waals surface area contributed by atoms with Crippen LogP contribution in [-0.4, -0.2) is 102 Å². The van der Waals surface area contributed by atoms with Crippen molar-refractivity contribution in [1.29, 1.82) is 0 Å². The zero-order valence-corrected chi connectivity index (χ0v) is 28.7. The number of aliphatic hydroxyl groups is 1. The average Bonchev–Trinajstić information content (AvgIpc) is 3.26. The maximum atomic E-state index is 14.0. The first kappa shape index (κ1) is 37.0. The number of hydrogen-bond acceptors (Lipinski definition) is 11. The van der Waals surface area contributed by atoms with Gasteiger partial charge in [0.2, 0.25) is 0 Å². The molecule has 0 bridgehead atoms. The summed E-state index contributed by atoms with van der Waals surface area (Å²) in [6, 6.07) is -0.712. The lowest BCUT2D eigenvalue weighted by Crippen LogP contribution is -2.60. The number of carbonyl (C=O) groups excluding carboxylic acids is 4. The molecule has 4 N–H and O–H groups in total. The summed E-state index contributed by atoms with van der Waals surface area (Å²) in [5, 5.41) is 14.4. The predicted octanol–water partition coefficient (Wildman–Crippen LogP) is 2.99. The number of carbonyl (C=O) groups is 4. The van der Waals surface area contributed by atoms with Crippen molar-refractivity contribution in [2.75, 3.05) is 14.1 Å². The van der Waals surface area contributed by atoms with Gasteiger partial charge in [-0.05, 0) is 61.1 Å². The van der Waals surface area contributed by atoms with Gasteiger partial charge in [-0.15, -0.1) is 0 Å². The zero-order valence-electron chi connectivity index (χ0n) is 28.7. The van der Waals surface area contributed by atoms with Crippen molar-refractivity contribution in [2.45, 2.75) is 136 Å². The second-order valence-corrected chi connectivity index (χ2v) is 14.2. The molecule has 0 saturated carbocycles. The molecule has 0 radical (unpaired) electrons. The first-order chi connectivity index (χ1) is 20.8. The van der Waals surface area contributed by atoms with E-state index in [9.17, 15) is 24.3 Å². The molecule has 45 heavy (non-hydrogen) atoms. The smallest absolute Gasteiger partial charge is 0.408 e. The van der Waals surface area contributed by atoms with Gasteiger partial charge in [0, 0.05) is 29.7 Å². The SMILES string of the molecule is CC[C@H]1OC(=O)[C@H](C)[C@@H](O)[C@H](C)[C@@H](O[C@@H]2O[C@H](C)C[C@H](N(C)C)[C@H]2C)[C@](C)(OC(N)=O)C[C@@H](C)C(=O)[C@H](C)[C@H]2NC(=O)O[C@@]21C. The highest BCUT2D eigenvalue weighted by molar-refractivity contribution is 5.85. The Hall–Kier alpha value is -2.48. The molecule has 258 valence electrons. The molecule has 0 spiro atoms. The van der Waals surface area contributed by atoms with Crippen molar-refractivity contribution in [3.8, 4) is 0 Å². The van der Waals surface area contributed by atoms with Gasteiger partial charge in [-0.25, -0.2) is 9.59 Å². The van der Waals surface area contributed by atoms with Crippen molar-refractivity contribution < 1.29 is 48.0 Å². The third-order valence-electron chi connectivity index (χ3n) is 10.4. The van der Waals surface area contributed by atoms with Crippen LogP contribution in [-0.2, 0) is 33.3 Å². The highest BCUT2D eigenvalue weighted by Crippen LogP contribution is 2.41. The molecular weight excluding hydrogens is 586 g/mol. The average molecular weight is 642 g/mol. The molecule has 0 aliphatic carbocycles. The Morgan fingerprint density at radius 3 is 2.24 bits per heavy atom. The molecule has 3 rings (SSSR count). The Kier molecular flexibility index (Phi) is 11.6. The molecule has 3 aliphatic rings. The summed E-state index contributed by atoms with van der Waals surface area (Å²) in [5.74, 6) is -4.45. The lowest BCUT2D eigenvalue weighted by atomic mass is 9.73. The Morgan fingerprint density at radius 2 is 1.69 bits per heavy atom. The van der Waals surface area contributed by atoms with E-state index in [2.05, 4.69) is 10.2 Å². The zero-order chi connectivity index (χ0) is 34.2. The molecule has 3 heterocycles. The number of cyclic esters (lactones) is 1. The van der Waals surface area contributed by atoms with Crippen LogP contribution in [0.5, 0.6) is 0 Å². The number of aliphatic hydroxyl groups excluding tert-OH is 1. The molecule has 0 aromatic rings. The van der Waals surface area contributed by atoms with E-state index < -0.39 is 83.7 Å². The number of alkyl carbamates (subject to hydrolysis) is 1. The van der Waals surface area contributed by atoms with E-state index in [1.165, 1.54) is 0 Å². The van der Waals surface area contributed by atoms with Gasteiger partial charge in [0.15, 0.2) is 11.9 Å². The fourth-order valence-electron chi connectivity index (χ4n) is 7.79. The third kappa shape index (κ3) is 7.58. The van der Waals surface area contributed by atoms with E-state index in [0.29, 0.717) is 6.42 Å². The minimum atomic E-state index is -1.54. The minimum absolute atomic E-state index is 0.0249. The van der Waals surface area contributed by atoms with Crippen LogP contribution in [0, 0.1) is 29.6 Å². The molecule has 3 saturated heterocycles. The first-order valence-corrected chi connectivity index (χ1v) is 16.1. The molecule has 13 heteroatoms. The summed E-state index contributed by atoms with van der Waals surface area (Å²) in [7, 11) is 3.97. The number of hydrogen-bond donors (Lipinski definition) is 3. The topological polar surface area (TPSA) is 176 Å². The van der Waals surface area contributed by atoms with Crippen molar-refractivity contribution in [1.82, 2.24) is 10.2 Å². The monoisotopic (exact) mass is 641 g/mol. The number of amides is 2. The highest BCUT2D eigenvalue weighted by Gasteiger charge is 2.57. The lowest BCUT2D eigenvalue weighted by molar-refractivity contribution is -0.284. The van der Waals surface area contributed by atoms with E-state index >= 15 is 0 Å². The Bertz CT molecular complexity index is 1110. The maximum absolute atomic E-state index is 14.0. The number of esters is 1. The molecule has 13 nitrogen and oxygen atoms in total. The standard InChI is InChI=1S/C32H55N3O10/c1-12-22-32(9)25(34-30(40)45-32)18(5)23(36)15(2)14-31(8,44-29(33)39)26(19(6)24(37)20(7)27(38)42-22)43-28-17(4)21(35(10)11)13-16(3)41-28/h15-22,24-26,28,37H,12-14H2,1-11H3,(H2,33,39)(H,34,40)/t15-,16-,17-,18+,19+,20-,21+,22-,24+,25-,26-,28+,31-,32-/m1/s1. The van der Waals surface area contributed by atoms with Crippen LogP contribution < -0.4 is 11.1 Å². The number of nitrogens with one attached hydrogen (secondary N) is 1. The molecule has 0 unspecified atom stereocenters. The Balaban J connectivity index is 2.14. The van der Waals surface area contributed by atoms with Gasteiger partial charge in [-0.3, -0.25) is 9.59 Å². The highest BCUT2D eigenvalue weighted by atomic mass is 16.7. The molecule has 0 aromatic carbocycles. The molecule has 2 amide bonds. The maximum Gasteiger partial charge on any atom is 0.408 e. The van der Waals surface area contributed by atoms with E-state index in [0.717, 1.165) is 6.42 Å². The largest absolute Gasteiger partial charge is 0.458 e. The number of ether oxygens (including phenoxy) is 5. The summed E-state index contributed by atoms with van der Waals surface area (Å²) >= 11 is 0. The van der Waals surface area contributed by atoms with Gasteiger partial charge >= 0.3 is 18.2 Å². The number of ketones is 1. The summed E-state index contributed by atoms with van der Waals surface area (Å²) in [4.78, 5) is 54.7. The minimum Gasteiger partial charge on any atom is -0.458 e. The van der Waals surface area contributed by atoms with E-state index in [1.54, 1.807) is 48.5 Å². The van der Waals surface area contributed by atoms with Crippen LogP contribution in [0.15, 0.2) is 0 Å². The number of Topliss-reactive ketones (excluding diaryl/α,β-unsaturated/α-hetero) is 1. The van der Waals surface area contributed by atoms with Gasteiger partial charge in [0.05, 0.1) is 24.2 Å². The second kappa shape index (κ2) is 14.1. The predicted molar refractivity (Wildman–Crippen MR) is 164 cm³/mol. The van der Waals surface area contributed by atoms with E-state index in [1.807, 2.05) is 27.9 Å².